The summed E-state index contributed by atoms with van der Waals surface area (Å²) in [5.74, 6) is -3.05. The van der Waals surface area contributed by atoms with Crippen LogP contribution in [0.25, 0.3) is 0 Å². The summed E-state index contributed by atoms with van der Waals surface area (Å²) in [6, 6.07) is 2.52. The van der Waals surface area contributed by atoms with Gasteiger partial charge in [-0.3, -0.25) is 14.9 Å². The molecule has 0 spiro atoms. The van der Waals surface area contributed by atoms with Crippen molar-refractivity contribution in [1.29, 1.82) is 0 Å². The number of hydrogen-bond donors (Lipinski definition) is 1. The van der Waals surface area contributed by atoms with Crippen LogP contribution in [-0.4, -0.2) is 16.9 Å². The third kappa shape index (κ3) is 2.76. The smallest absolute Gasteiger partial charge is 0.231 e. The topological polar surface area (TPSA) is 72.2 Å². The Kier molecular flexibility index (Phi) is 3.45. The van der Waals surface area contributed by atoms with Crippen molar-refractivity contribution in [2.75, 3.05) is 0 Å². The van der Waals surface area contributed by atoms with Gasteiger partial charge in [0.15, 0.2) is 11.6 Å². The fraction of sp³-hybridized carbons (Fsp3) is 0.462. The van der Waals surface area contributed by atoms with E-state index in [1.807, 2.05) is 0 Å². The van der Waals surface area contributed by atoms with Gasteiger partial charge in [-0.25, -0.2) is 8.78 Å². The molecule has 108 valence electrons. The fourth-order valence-corrected chi connectivity index (χ4v) is 2.05. The normalized spacial score (nSPS) is 21.4. The van der Waals surface area contributed by atoms with Gasteiger partial charge in [0.05, 0.1) is 5.54 Å². The molecule has 1 fully saturated rings. The van der Waals surface area contributed by atoms with Gasteiger partial charge in [0.25, 0.3) is 0 Å². The zero-order valence-electron chi connectivity index (χ0n) is 11.0. The van der Waals surface area contributed by atoms with E-state index in [1.165, 1.54) is 6.07 Å². The third-order valence-corrected chi connectivity index (χ3v) is 3.44. The number of benzene rings is 1. The number of rotatable bonds is 4. The predicted octanol–water partition coefficient (Wildman–Crippen LogP) is 1.98. The van der Waals surface area contributed by atoms with Crippen molar-refractivity contribution in [3.05, 3.63) is 45.5 Å². The highest BCUT2D eigenvalue weighted by Gasteiger charge is 2.54. The van der Waals surface area contributed by atoms with Crippen molar-refractivity contribution in [1.82, 2.24) is 5.32 Å². The third-order valence-electron chi connectivity index (χ3n) is 3.44. The number of amides is 1. The van der Waals surface area contributed by atoms with Crippen LogP contribution in [0.4, 0.5) is 8.78 Å². The maximum Gasteiger partial charge on any atom is 0.231 e. The molecule has 1 N–H and O–H groups in total. The average molecular weight is 284 g/mol. The SMILES string of the molecule is CC(C)(NC(=O)C1CC1[N+](=O)[O-])c1ccc(F)c(F)c1. The second kappa shape index (κ2) is 4.81. The molecule has 0 heterocycles. The standard InChI is InChI=1S/C13H14F2N2O3/c1-13(2,7-3-4-9(14)10(15)5-7)16-12(18)8-6-11(8)17(19)20/h3-5,8,11H,6H2,1-2H3,(H,16,18). The maximum absolute atomic E-state index is 13.2. The van der Waals surface area contributed by atoms with Crippen molar-refractivity contribution in [2.24, 2.45) is 5.92 Å². The summed E-state index contributed by atoms with van der Waals surface area (Å²) in [4.78, 5) is 21.9. The summed E-state index contributed by atoms with van der Waals surface area (Å²) < 4.78 is 26.1. The lowest BCUT2D eigenvalue weighted by Gasteiger charge is -2.27. The first-order chi connectivity index (χ1) is 9.22. The second-order valence-corrected chi connectivity index (χ2v) is 5.44. The van der Waals surface area contributed by atoms with Crippen molar-refractivity contribution in [3.8, 4) is 0 Å². The van der Waals surface area contributed by atoms with E-state index in [-0.39, 0.29) is 6.42 Å². The summed E-state index contributed by atoms with van der Waals surface area (Å²) in [6.07, 6.45) is 0.215. The zero-order valence-corrected chi connectivity index (χ0v) is 11.0. The molecule has 20 heavy (non-hydrogen) atoms. The number of carbonyl (C=O) groups excluding carboxylic acids is 1. The predicted molar refractivity (Wildman–Crippen MR) is 66.4 cm³/mol. The van der Waals surface area contributed by atoms with Gasteiger partial charge in [0, 0.05) is 11.3 Å². The number of hydrogen-bond acceptors (Lipinski definition) is 3. The van der Waals surface area contributed by atoms with E-state index in [4.69, 9.17) is 0 Å². The highest BCUT2D eigenvalue weighted by Crippen LogP contribution is 2.34. The monoisotopic (exact) mass is 284 g/mol. The zero-order chi connectivity index (χ0) is 15.1. The molecule has 0 saturated heterocycles. The lowest BCUT2D eigenvalue weighted by Crippen LogP contribution is -2.42. The average Bonchev–Trinajstić information content (AvgIpc) is 3.12. The number of nitrogens with zero attached hydrogens (tertiary/aromatic N) is 1. The van der Waals surface area contributed by atoms with Crippen molar-refractivity contribution in [2.45, 2.75) is 31.8 Å². The van der Waals surface area contributed by atoms with Gasteiger partial charge in [-0.1, -0.05) is 6.07 Å². The first-order valence-corrected chi connectivity index (χ1v) is 6.13. The Morgan fingerprint density at radius 1 is 1.40 bits per heavy atom. The molecular formula is C13H14F2N2O3. The van der Waals surface area contributed by atoms with Crippen LogP contribution >= 0.6 is 0 Å². The summed E-state index contributed by atoms with van der Waals surface area (Å²) in [5.41, 5.74) is -0.543. The van der Waals surface area contributed by atoms with Gasteiger partial charge >= 0.3 is 0 Å². The number of carbonyl (C=O) groups is 1. The lowest BCUT2D eigenvalue weighted by molar-refractivity contribution is -0.497. The Morgan fingerprint density at radius 3 is 2.55 bits per heavy atom. The minimum atomic E-state index is -1.00. The summed E-state index contributed by atoms with van der Waals surface area (Å²) in [6.45, 7) is 3.25. The van der Waals surface area contributed by atoms with Crippen LogP contribution in [0.5, 0.6) is 0 Å². The minimum absolute atomic E-state index is 0.215. The van der Waals surface area contributed by atoms with Crippen LogP contribution in [0.1, 0.15) is 25.8 Å². The van der Waals surface area contributed by atoms with Gasteiger partial charge in [-0.05, 0) is 31.5 Å². The van der Waals surface area contributed by atoms with E-state index in [0.717, 1.165) is 12.1 Å². The summed E-state index contributed by atoms with van der Waals surface area (Å²) >= 11 is 0. The highest BCUT2D eigenvalue weighted by atomic mass is 19.2. The molecule has 7 heteroatoms. The van der Waals surface area contributed by atoms with Crippen LogP contribution in [0.15, 0.2) is 18.2 Å². The van der Waals surface area contributed by atoms with Crippen LogP contribution in [0, 0.1) is 27.7 Å². The summed E-state index contributed by atoms with van der Waals surface area (Å²) in [5, 5.41) is 13.2. The molecule has 0 aromatic heterocycles. The molecular weight excluding hydrogens is 270 g/mol. The van der Waals surface area contributed by atoms with Crippen LogP contribution < -0.4 is 5.32 Å². The Bertz CT molecular complexity index is 575. The first-order valence-electron chi connectivity index (χ1n) is 6.13. The van der Waals surface area contributed by atoms with Gasteiger partial charge in [0.2, 0.25) is 11.9 Å². The molecule has 1 amide bonds. The molecule has 2 rings (SSSR count). The molecule has 0 radical (unpaired) electrons. The fourth-order valence-electron chi connectivity index (χ4n) is 2.05. The molecule has 5 nitrogen and oxygen atoms in total. The van der Waals surface area contributed by atoms with E-state index in [9.17, 15) is 23.7 Å². The second-order valence-electron chi connectivity index (χ2n) is 5.44. The van der Waals surface area contributed by atoms with Gasteiger partial charge < -0.3 is 5.32 Å². The first kappa shape index (κ1) is 14.4. The Hall–Kier alpha value is -2.05. The molecule has 1 aromatic carbocycles. The Labute approximate surface area is 114 Å². The van der Waals surface area contributed by atoms with Crippen molar-refractivity contribution < 1.29 is 18.5 Å². The molecule has 1 aliphatic carbocycles. The molecule has 0 aliphatic heterocycles. The summed E-state index contributed by atoms with van der Waals surface area (Å²) in [7, 11) is 0. The quantitative estimate of drug-likeness (QED) is 0.678. The lowest BCUT2D eigenvalue weighted by atomic mass is 9.94. The number of nitro groups is 1. The Balaban J connectivity index is 2.09. The highest BCUT2D eigenvalue weighted by molar-refractivity contribution is 5.82. The van der Waals surface area contributed by atoms with E-state index in [0.29, 0.717) is 5.56 Å². The van der Waals surface area contributed by atoms with E-state index in [1.54, 1.807) is 13.8 Å². The maximum atomic E-state index is 13.2. The molecule has 2 atom stereocenters. The van der Waals surface area contributed by atoms with Gasteiger partial charge in [-0.15, -0.1) is 0 Å². The van der Waals surface area contributed by atoms with Crippen molar-refractivity contribution in [3.63, 3.8) is 0 Å². The number of nitrogens with one attached hydrogen (secondary N) is 1. The van der Waals surface area contributed by atoms with Crippen molar-refractivity contribution >= 4 is 5.91 Å². The van der Waals surface area contributed by atoms with Gasteiger partial charge in [0.1, 0.15) is 5.92 Å². The van der Waals surface area contributed by atoms with E-state index in [2.05, 4.69) is 5.32 Å². The van der Waals surface area contributed by atoms with Crippen LogP contribution in [0.3, 0.4) is 0 Å². The van der Waals surface area contributed by atoms with Crippen LogP contribution in [-0.2, 0) is 10.3 Å². The molecule has 2 unspecified atom stereocenters. The molecule has 1 aliphatic rings. The van der Waals surface area contributed by atoms with E-state index < -0.39 is 40.0 Å². The Morgan fingerprint density at radius 2 is 2.05 bits per heavy atom. The number of halogens is 2. The van der Waals surface area contributed by atoms with E-state index >= 15 is 0 Å². The van der Waals surface area contributed by atoms with Crippen LogP contribution in [0.2, 0.25) is 0 Å². The van der Waals surface area contributed by atoms with Gasteiger partial charge in [-0.2, -0.15) is 0 Å². The molecule has 1 saturated carbocycles. The molecule has 0 bridgehead atoms. The largest absolute Gasteiger partial charge is 0.347 e. The molecule has 1 aromatic rings. The minimum Gasteiger partial charge on any atom is -0.347 e.